The molecule has 10 heteroatoms. The molecule has 0 aromatic heterocycles. The molecule has 0 aliphatic rings. The van der Waals surface area contributed by atoms with Crippen LogP contribution in [-0.2, 0) is 6.54 Å². The average Bonchev–Trinajstić information content (AvgIpc) is 2.70. The molecule has 31 heavy (non-hydrogen) atoms. The molecule has 0 aliphatic heterocycles. The summed E-state index contributed by atoms with van der Waals surface area (Å²) in [5.41, 5.74) is 1.88. The van der Waals surface area contributed by atoms with Crippen LogP contribution in [-0.4, -0.2) is 38.1 Å². The second-order valence-corrected chi connectivity index (χ2v) is 6.75. The minimum atomic E-state index is -2.90. The van der Waals surface area contributed by atoms with Crippen molar-refractivity contribution in [2.45, 2.75) is 27.0 Å². The number of ether oxygens (including phenoxy) is 1. The van der Waals surface area contributed by atoms with Gasteiger partial charge >= 0.3 is 6.61 Å². The summed E-state index contributed by atoms with van der Waals surface area (Å²) in [4.78, 5) is 16.6. The third kappa shape index (κ3) is 9.26. The summed E-state index contributed by atoms with van der Waals surface area (Å²) in [5.74, 6) is 0.328. The first-order chi connectivity index (χ1) is 14.4. The zero-order valence-corrected chi connectivity index (χ0v) is 20.3. The molecule has 0 atom stereocenters. The summed E-state index contributed by atoms with van der Waals surface area (Å²) in [7, 11) is 0. The number of nitrogens with one attached hydrogen (secondary N) is 3. The zero-order chi connectivity index (χ0) is 21.9. The Labute approximate surface area is 202 Å². The molecule has 0 saturated heterocycles. The maximum absolute atomic E-state index is 12.6. The van der Waals surface area contributed by atoms with Crippen molar-refractivity contribution in [3.05, 3.63) is 64.2 Å². The van der Waals surface area contributed by atoms with Crippen molar-refractivity contribution in [3.63, 3.8) is 0 Å². The fourth-order valence-electron chi connectivity index (χ4n) is 2.65. The minimum absolute atomic E-state index is 0. The SMILES string of the molecule is CCNC(=NCc1cc(C)ccc1OC(F)F)NCCNC(=O)c1ccccc1Cl.I. The predicted octanol–water partition coefficient (Wildman–Crippen LogP) is 4.35. The molecular weight excluding hydrogens is 541 g/mol. The van der Waals surface area contributed by atoms with Crippen LogP contribution in [0.3, 0.4) is 0 Å². The van der Waals surface area contributed by atoms with Gasteiger partial charge in [0.15, 0.2) is 5.96 Å². The minimum Gasteiger partial charge on any atom is -0.434 e. The number of halogens is 4. The fraction of sp³-hybridized carbons (Fsp3) is 0.333. The monoisotopic (exact) mass is 566 g/mol. The molecule has 1 amide bonds. The normalized spacial score (nSPS) is 11.0. The topological polar surface area (TPSA) is 74.8 Å². The van der Waals surface area contributed by atoms with Crippen LogP contribution in [0.15, 0.2) is 47.5 Å². The molecule has 2 rings (SSSR count). The second-order valence-electron chi connectivity index (χ2n) is 6.35. The number of carbonyl (C=O) groups is 1. The lowest BCUT2D eigenvalue weighted by atomic mass is 10.1. The maximum Gasteiger partial charge on any atom is 0.387 e. The van der Waals surface area contributed by atoms with Crippen LogP contribution in [0.25, 0.3) is 0 Å². The van der Waals surface area contributed by atoms with Gasteiger partial charge in [-0.25, -0.2) is 4.99 Å². The van der Waals surface area contributed by atoms with Crippen molar-refractivity contribution in [1.82, 2.24) is 16.0 Å². The lowest BCUT2D eigenvalue weighted by Gasteiger charge is -2.14. The average molecular weight is 567 g/mol. The van der Waals surface area contributed by atoms with Crippen molar-refractivity contribution < 1.29 is 18.3 Å². The van der Waals surface area contributed by atoms with Crippen LogP contribution in [0.5, 0.6) is 5.75 Å². The molecule has 170 valence electrons. The van der Waals surface area contributed by atoms with E-state index in [1.165, 1.54) is 6.07 Å². The van der Waals surface area contributed by atoms with Gasteiger partial charge in [0.2, 0.25) is 0 Å². The Morgan fingerprint density at radius 1 is 1.13 bits per heavy atom. The van der Waals surface area contributed by atoms with Gasteiger partial charge in [-0.05, 0) is 32.0 Å². The third-order valence-electron chi connectivity index (χ3n) is 4.01. The third-order valence-corrected chi connectivity index (χ3v) is 4.33. The van der Waals surface area contributed by atoms with Crippen molar-refractivity contribution in [1.29, 1.82) is 0 Å². The van der Waals surface area contributed by atoms with E-state index < -0.39 is 6.61 Å². The van der Waals surface area contributed by atoms with Gasteiger partial charge in [0.05, 0.1) is 17.1 Å². The van der Waals surface area contributed by atoms with Crippen molar-refractivity contribution in [2.75, 3.05) is 19.6 Å². The van der Waals surface area contributed by atoms with Gasteiger partial charge in [0.1, 0.15) is 5.75 Å². The fourth-order valence-corrected chi connectivity index (χ4v) is 2.87. The van der Waals surface area contributed by atoms with E-state index in [9.17, 15) is 13.6 Å². The summed E-state index contributed by atoms with van der Waals surface area (Å²) in [6, 6.07) is 11.8. The van der Waals surface area contributed by atoms with Gasteiger partial charge in [-0.2, -0.15) is 8.78 Å². The van der Waals surface area contributed by atoms with Crippen molar-refractivity contribution in [2.24, 2.45) is 4.99 Å². The van der Waals surface area contributed by atoms with Crippen LogP contribution in [0, 0.1) is 6.92 Å². The highest BCUT2D eigenvalue weighted by Gasteiger charge is 2.11. The van der Waals surface area contributed by atoms with E-state index in [2.05, 4.69) is 25.7 Å². The van der Waals surface area contributed by atoms with Crippen molar-refractivity contribution in [3.8, 4) is 5.75 Å². The lowest BCUT2D eigenvalue weighted by molar-refractivity contribution is -0.0504. The van der Waals surface area contributed by atoms with Gasteiger partial charge < -0.3 is 20.7 Å². The molecule has 0 fully saturated rings. The molecule has 2 aromatic carbocycles. The van der Waals surface area contributed by atoms with Crippen LogP contribution in [0.2, 0.25) is 5.02 Å². The Balaban J connectivity index is 0.00000480. The first kappa shape index (κ1) is 26.9. The molecule has 0 bridgehead atoms. The number of hydrogen-bond acceptors (Lipinski definition) is 3. The molecule has 0 saturated carbocycles. The van der Waals surface area contributed by atoms with E-state index in [0.717, 1.165) is 5.56 Å². The molecule has 0 radical (unpaired) electrons. The molecule has 0 spiro atoms. The molecule has 6 nitrogen and oxygen atoms in total. The number of carbonyl (C=O) groups excluding carboxylic acids is 1. The van der Waals surface area contributed by atoms with Gasteiger partial charge in [0, 0.05) is 25.2 Å². The maximum atomic E-state index is 12.6. The largest absolute Gasteiger partial charge is 0.434 e. The first-order valence-electron chi connectivity index (χ1n) is 9.50. The summed E-state index contributed by atoms with van der Waals surface area (Å²) < 4.78 is 29.8. The van der Waals surface area contributed by atoms with Crippen LogP contribution >= 0.6 is 35.6 Å². The lowest BCUT2D eigenvalue weighted by Crippen LogP contribution is -2.41. The Kier molecular flexibility index (Phi) is 12.2. The van der Waals surface area contributed by atoms with E-state index in [1.807, 2.05) is 13.8 Å². The van der Waals surface area contributed by atoms with Crippen LogP contribution in [0.4, 0.5) is 8.78 Å². The van der Waals surface area contributed by atoms with E-state index in [4.69, 9.17) is 11.6 Å². The number of guanidine groups is 1. The van der Waals surface area contributed by atoms with Gasteiger partial charge in [-0.15, -0.1) is 24.0 Å². The molecule has 0 heterocycles. The van der Waals surface area contributed by atoms with Gasteiger partial charge in [-0.3, -0.25) is 4.79 Å². The smallest absolute Gasteiger partial charge is 0.387 e. The molecule has 3 N–H and O–H groups in total. The highest BCUT2D eigenvalue weighted by atomic mass is 127. The number of amides is 1. The summed E-state index contributed by atoms with van der Waals surface area (Å²) in [5, 5.41) is 9.33. The Hall–Kier alpha value is -2.14. The van der Waals surface area contributed by atoms with E-state index >= 15 is 0 Å². The predicted molar refractivity (Wildman–Crippen MR) is 130 cm³/mol. The van der Waals surface area contributed by atoms with Crippen LogP contribution < -0.4 is 20.7 Å². The standard InChI is InChI=1S/C21H25ClF2N4O2.HI/c1-3-25-21(27-11-10-26-19(29)16-6-4-5-7-17(16)22)28-13-15-12-14(2)8-9-18(15)30-20(23)24;/h4-9,12,20H,3,10-11,13H2,1-2H3,(H,26,29)(H2,25,27,28);1H. The van der Waals surface area contributed by atoms with Gasteiger partial charge in [0.25, 0.3) is 5.91 Å². The summed E-state index contributed by atoms with van der Waals surface area (Å²) in [6.07, 6.45) is 0. The van der Waals surface area contributed by atoms with E-state index in [0.29, 0.717) is 41.7 Å². The number of benzene rings is 2. The zero-order valence-electron chi connectivity index (χ0n) is 17.3. The Morgan fingerprint density at radius 2 is 1.84 bits per heavy atom. The van der Waals surface area contributed by atoms with E-state index in [1.54, 1.807) is 36.4 Å². The van der Waals surface area contributed by atoms with Crippen LogP contribution in [0.1, 0.15) is 28.4 Å². The number of rotatable bonds is 9. The summed E-state index contributed by atoms with van der Waals surface area (Å²) in [6.45, 7) is 2.41. The number of alkyl halides is 2. The number of aliphatic imine (C=N–C) groups is 1. The highest BCUT2D eigenvalue weighted by Crippen LogP contribution is 2.22. The summed E-state index contributed by atoms with van der Waals surface area (Å²) >= 11 is 6.02. The molecule has 2 aromatic rings. The number of aryl methyl sites for hydroxylation is 1. The van der Waals surface area contributed by atoms with E-state index in [-0.39, 0.29) is 42.2 Å². The first-order valence-corrected chi connectivity index (χ1v) is 9.87. The Bertz CT molecular complexity index is 884. The number of hydrogen-bond donors (Lipinski definition) is 3. The second kappa shape index (κ2) is 14.0. The molecule has 0 aliphatic carbocycles. The Morgan fingerprint density at radius 3 is 2.52 bits per heavy atom. The quantitative estimate of drug-likeness (QED) is 0.183. The number of nitrogens with zero attached hydrogens (tertiary/aromatic N) is 1. The van der Waals surface area contributed by atoms with Crippen molar-refractivity contribution >= 4 is 47.4 Å². The highest BCUT2D eigenvalue weighted by molar-refractivity contribution is 14.0. The van der Waals surface area contributed by atoms with Gasteiger partial charge in [-0.1, -0.05) is 41.4 Å². The molecular formula is C21H26ClF2IN4O2. The molecule has 0 unspecified atom stereocenters.